The van der Waals surface area contributed by atoms with E-state index in [-0.39, 0.29) is 17.1 Å². The molecule has 0 unspecified atom stereocenters. The molecule has 0 amide bonds. The van der Waals surface area contributed by atoms with E-state index in [4.69, 9.17) is 18.6 Å². The highest BCUT2D eigenvalue weighted by Crippen LogP contribution is 2.25. The number of carbonyl (C=O) groups excluding carboxylic acids is 3. The minimum atomic E-state index is -0.767. The molecule has 7 nitrogen and oxygen atoms in total. The number of carbonyl (C=O) groups is 3. The van der Waals surface area contributed by atoms with Crippen molar-refractivity contribution in [2.24, 2.45) is 0 Å². The fourth-order valence-electron chi connectivity index (χ4n) is 2.78. The Morgan fingerprint density at radius 2 is 1.63 bits per heavy atom. The number of methoxy groups -OCH3 is 2. The quantitative estimate of drug-likeness (QED) is 0.407. The molecule has 0 aliphatic carbocycles. The minimum absolute atomic E-state index is 0.0361. The van der Waals surface area contributed by atoms with Crippen LogP contribution >= 0.6 is 0 Å². The summed E-state index contributed by atoms with van der Waals surface area (Å²) in [5.74, 6) is -0.00269. The van der Waals surface area contributed by atoms with Crippen molar-refractivity contribution < 1.29 is 33.0 Å². The summed E-state index contributed by atoms with van der Waals surface area (Å²) in [5.41, 5.74) is 1.53. The molecule has 154 valence electrons. The van der Waals surface area contributed by atoms with Gasteiger partial charge >= 0.3 is 5.97 Å². The fraction of sp³-hybridized carbons (Fsp3) is 0.174. The van der Waals surface area contributed by atoms with Crippen LogP contribution in [0.15, 0.2) is 59.0 Å². The minimum Gasteiger partial charge on any atom is -0.497 e. The van der Waals surface area contributed by atoms with Gasteiger partial charge in [0.25, 0.3) is 0 Å². The van der Waals surface area contributed by atoms with Crippen LogP contribution in [-0.4, -0.2) is 38.4 Å². The first-order valence-corrected chi connectivity index (χ1v) is 9.06. The van der Waals surface area contributed by atoms with Crippen molar-refractivity contribution in [2.75, 3.05) is 20.8 Å². The van der Waals surface area contributed by atoms with Crippen LogP contribution in [0.1, 0.15) is 38.2 Å². The molecule has 0 aliphatic rings. The summed E-state index contributed by atoms with van der Waals surface area (Å²) in [6, 6.07) is 14.7. The van der Waals surface area contributed by atoms with Gasteiger partial charge in [0.1, 0.15) is 17.3 Å². The zero-order chi connectivity index (χ0) is 21.7. The van der Waals surface area contributed by atoms with E-state index in [1.54, 1.807) is 42.5 Å². The van der Waals surface area contributed by atoms with Crippen molar-refractivity contribution in [1.29, 1.82) is 0 Å². The largest absolute Gasteiger partial charge is 0.497 e. The summed E-state index contributed by atoms with van der Waals surface area (Å²) in [7, 11) is 2.93. The van der Waals surface area contributed by atoms with Gasteiger partial charge in [-0.05, 0) is 37.3 Å². The smallest absolute Gasteiger partial charge is 0.374 e. The highest BCUT2D eigenvalue weighted by Gasteiger charge is 2.19. The van der Waals surface area contributed by atoms with Crippen LogP contribution in [0.25, 0.3) is 11.3 Å². The predicted molar refractivity (Wildman–Crippen MR) is 108 cm³/mol. The molecule has 0 saturated heterocycles. The van der Waals surface area contributed by atoms with Gasteiger partial charge in [0, 0.05) is 11.1 Å². The first-order valence-electron chi connectivity index (χ1n) is 9.06. The Morgan fingerprint density at radius 1 is 0.900 bits per heavy atom. The normalized spacial score (nSPS) is 10.4. The lowest BCUT2D eigenvalue weighted by atomic mass is 10.1. The van der Waals surface area contributed by atoms with Crippen LogP contribution in [0.2, 0.25) is 0 Å². The van der Waals surface area contributed by atoms with Crippen molar-refractivity contribution >= 4 is 17.5 Å². The maximum absolute atomic E-state index is 12.5. The first-order chi connectivity index (χ1) is 14.4. The molecule has 0 spiro atoms. The molecule has 1 heterocycles. The average molecular weight is 408 g/mol. The molecule has 0 fully saturated rings. The van der Waals surface area contributed by atoms with Crippen molar-refractivity contribution in [3.8, 4) is 22.8 Å². The molecule has 0 radical (unpaired) electrons. The Morgan fingerprint density at radius 3 is 2.27 bits per heavy atom. The van der Waals surface area contributed by atoms with Crippen molar-refractivity contribution in [3.05, 3.63) is 71.5 Å². The lowest BCUT2D eigenvalue weighted by Gasteiger charge is -2.09. The summed E-state index contributed by atoms with van der Waals surface area (Å²) in [4.78, 5) is 36.1. The molecule has 3 aromatic rings. The van der Waals surface area contributed by atoms with Gasteiger partial charge in [0.05, 0.1) is 19.8 Å². The molecule has 0 aliphatic heterocycles. The summed E-state index contributed by atoms with van der Waals surface area (Å²) in [6.07, 6.45) is 0. The van der Waals surface area contributed by atoms with E-state index >= 15 is 0 Å². The number of esters is 1. The van der Waals surface area contributed by atoms with Crippen molar-refractivity contribution in [2.45, 2.75) is 6.92 Å². The average Bonchev–Trinajstić information content (AvgIpc) is 3.27. The van der Waals surface area contributed by atoms with Gasteiger partial charge in [0.15, 0.2) is 12.4 Å². The Labute approximate surface area is 173 Å². The third-order valence-electron chi connectivity index (χ3n) is 4.42. The van der Waals surface area contributed by atoms with Crippen molar-refractivity contribution in [1.82, 2.24) is 0 Å². The number of furan rings is 1. The van der Waals surface area contributed by atoms with Gasteiger partial charge in [-0.2, -0.15) is 0 Å². The molecule has 1 aromatic heterocycles. The topological polar surface area (TPSA) is 92.0 Å². The molecule has 30 heavy (non-hydrogen) atoms. The zero-order valence-electron chi connectivity index (χ0n) is 16.8. The molecule has 7 heteroatoms. The number of rotatable bonds is 8. The van der Waals surface area contributed by atoms with Gasteiger partial charge in [0.2, 0.25) is 11.5 Å². The summed E-state index contributed by atoms with van der Waals surface area (Å²) in [6.45, 7) is 1.00. The van der Waals surface area contributed by atoms with E-state index in [2.05, 4.69) is 0 Å². The van der Waals surface area contributed by atoms with Crippen LogP contribution in [0, 0.1) is 0 Å². The third-order valence-corrected chi connectivity index (χ3v) is 4.42. The highest BCUT2D eigenvalue weighted by atomic mass is 16.5. The van der Waals surface area contributed by atoms with Crippen molar-refractivity contribution in [3.63, 3.8) is 0 Å². The number of ether oxygens (including phenoxy) is 3. The van der Waals surface area contributed by atoms with Gasteiger partial charge in [-0.1, -0.05) is 24.3 Å². The Bertz CT molecular complexity index is 1080. The summed E-state index contributed by atoms with van der Waals surface area (Å²) in [5, 5.41) is 0. The molecular weight excluding hydrogens is 388 g/mol. The third kappa shape index (κ3) is 4.57. The number of hydrogen-bond donors (Lipinski definition) is 0. The van der Waals surface area contributed by atoms with Gasteiger partial charge < -0.3 is 18.6 Å². The fourth-order valence-corrected chi connectivity index (χ4v) is 2.78. The van der Waals surface area contributed by atoms with Crippen LogP contribution < -0.4 is 9.47 Å². The number of benzene rings is 2. The first kappa shape index (κ1) is 20.9. The second-order valence-corrected chi connectivity index (χ2v) is 6.36. The maximum Gasteiger partial charge on any atom is 0.374 e. The van der Waals surface area contributed by atoms with E-state index in [0.29, 0.717) is 28.4 Å². The molecule has 0 saturated carbocycles. The van der Waals surface area contributed by atoms with E-state index in [1.165, 1.54) is 33.3 Å². The summed E-state index contributed by atoms with van der Waals surface area (Å²) >= 11 is 0. The van der Waals surface area contributed by atoms with Gasteiger partial charge in [-0.15, -0.1) is 0 Å². The highest BCUT2D eigenvalue weighted by molar-refractivity contribution is 6.01. The Balaban J connectivity index is 1.67. The molecular formula is C23H20O7. The SMILES string of the molecule is COc1ccc(OC)c(C(=O)COC(=O)c2ccc(-c3ccc(C(C)=O)cc3)o2)c1. The summed E-state index contributed by atoms with van der Waals surface area (Å²) < 4.78 is 20.9. The second-order valence-electron chi connectivity index (χ2n) is 6.36. The second kappa shape index (κ2) is 9.09. The molecule has 3 rings (SSSR count). The van der Waals surface area contributed by atoms with E-state index in [0.717, 1.165) is 0 Å². The molecule has 0 atom stereocenters. The Kier molecular flexibility index (Phi) is 6.32. The van der Waals surface area contributed by atoms with Crippen LogP contribution in [0.3, 0.4) is 0 Å². The van der Waals surface area contributed by atoms with E-state index in [9.17, 15) is 14.4 Å². The lowest BCUT2D eigenvalue weighted by molar-refractivity contribution is 0.0444. The van der Waals surface area contributed by atoms with Crippen LogP contribution in [0.4, 0.5) is 0 Å². The molecule has 2 aromatic carbocycles. The molecule has 0 N–H and O–H groups in total. The van der Waals surface area contributed by atoms with Gasteiger partial charge in [-0.3, -0.25) is 9.59 Å². The van der Waals surface area contributed by atoms with E-state index in [1.807, 2.05) is 0 Å². The van der Waals surface area contributed by atoms with Crippen LogP contribution in [-0.2, 0) is 4.74 Å². The molecule has 0 bridgehead atoms. The van der Waals surface area contributed by atoms with Crippen LogP contribution in [0.5, 0.6) is 11.5 Å². The monoisotopic (exact) mass is 408 g/mol. The van der Waals surface area contributed by atoms with E-state index < -0.39 is 18.4 Å². The standard InChI is InChI=1S/C23H20O7/c1-14(24)15-4-6-16(7-5-15)20-10-11-22(30-20)23(26)29-13-19(25)18-12-17(27-2)8-9-21(18)28-3/h4-12H,13H2,1-3H3. The zero-order valence-corrected chi connectivity index (χ0v) is 16.8. The maximum atomic E-state index is 12.5. The number of ketones is 2. The number of hydrogen-bond acceptors (Lipinski definition) is 7. The Hall–Kier alpha value is -3.87. The lowest BCUT2D eigenvalue weighted by Crippen LogP contribution is -2.14. The predicted octanol–water partition coefficient (Wildman–Crippen LogP) is 4.21. The number of Topliss-reactive ketones (excluding diaryl/α,β-unsaturated/α-hetero) is 2. The van der Waals surface area contributed by atoms with Gasteiger partial charge in [-0.25, -0.2) is 4.79 Å².